The molecule has 1 aliphatic heterocycles. The highest BCUT2D eigenvalue weighted by molar-refractivity contribution is 5.77. The van der Waals surface area contributed by atoms with Crippen molar-refractivity contribution in [2.75, 3.05) is 32.8 Å². The van der Waals surface area contributed by atoms with Gasteiger partial charge in [-0.3, -0.25) is 9.69 Å². The second kappa shape index (κ2) is 9.85. The lowest BCUT2D eigenvalue weighted by Crippen LogP contribution is -2.52. The molecule has 0 aliphatic carbocycles. The summed E-state index contributed by atoms with van der Waals surface area (Å²) in [7, 11) is 0. The number of carbonyl (C=O) groups is 1. The summed E-state index contributed by atoms with van der Waals surface area (Å²) in [6.45, 7) is 9.35. The Labute approximate surface area is 161 Å². The first-order valence-electron chi connectivity index (χ1n) is 10.2. The van der Waals surface area contributed by atoms with Crippen molar-refractivity contribution in [1.82, 2.24) is 19.8 Å². The Hall–Kier alpha value is -1.92. The second-order valence-electron chi connectivity index (χ2n) is 7.27. The van der Waals surface area contributed by atoms with Crippen molar-refractivity contribution in [3.05, 3.63) is 30.6 Å². The van der Waals surface area contributed by atoms with Crippen molar-refractivity contribution in [1.29, 1.82) is 0 Å². The number of nitrogens with one attached hydrogen (secondary N) is 1. The van der Waals surface area contributed by atoms with Gasteiger partial charge in [-0.05, 0) is 18.1 Å². The fraction of sp³-hybridized carbons (Fsp3) is 0.619. The van der Waals surface area contributed by atoms with Crippen molar-refractivity contribution in [2.45, 2.75) is 45.7 Å². The van der Waals surface area contributed by atoms with E-state index < -0.39 is 0 Å². The predicted octanol–water partition coefficient (Wildman–Crippen LogP) is 2.68. The van der Waals surface area contributed by atoms with Crippen LogP contribution in [0.15, 0.2) is 30.6 Å². The molecule has 6 nitrogen and oxygen atoms in total. The molecule has 6 heteroatoms. The van der Waals surface area contributed by atoms with Gasteiger partial charge in [0.2, 0.25) is 5.91 Å². The lowest BCUT2D eigenvalue weighted by atomic mass is 9.92. The molecule has 1 aromatic heterocycles. The van der Waals surface area contributed by atoms with Crippen molar-refractivity contribution in [2.24, 2.45) is 5.92 Å². The molecule has 27 heavy (non-hydrogen) atoms. The van der Waals surface area contributed by atoms with Crippen LogP contribution in [-0.2, 0) is 16.1 Å². The Morgan fingerprint density at radius 1 is 1.22 bits per heavy atom. The number of hydrogen-bond donors (Lipinski definition) is 1. The topological polar surface area (TPSA) is 59.4 Å². The van der Waals surface area contributed by atoms with E-state index in [1.165, 1.54) is 0 Å². The van der Waals surface area contributed by atoms with E-state index in [4.69, 9.17) is 4.74 Å². The van der Waals surface area contributed by atoms with Crippen LogP contribution in [0.2, 0.25) is 0 Å². The normalized spacial score (nSPS) is 16.7. The summed E-state index contributed by atoms with van der Waals surface area (Å²) in [5, 5.41) is 3.18. The van der Waals surface area contributed by atoms with Gasteiger partial charge in [0.05, 0.1) is 30.6 Å². The highest BCUT2D eigenvalue weighted by atomic mass is 16.5. The maximum atomic E-state index is 12.5. The second-order valence-corrected chi connectivity index (χ2v) is 7.27. The number of morpholine rings is 1. The van der Waals surface area contributed by atoms with E-state index >= 15 is 0 Å². The third-order valence-electron chi connectivity index (χ3n) is 5.72. The Bertz CT molecular complexity index is 720. The summed E-state index contributed by atoms with van der Waals surface area (Å²) in [4.78, 5) is 19.4. The molecule has 1 aromatic carbocycles. The summed E-state index contributed by atoms with van der Waals surface area (Å²) in [5.74, 6) is 0.706. The minimum absolute atomic E-state index is 0.108. The first-order valence-corrected chi connectivity index (χ1v) is 10.2. The molecule has 0 spiro atoms. The van der Waals surface area contributed by atoms with E-state index in [9.17, 15) is 4.79 Å². The molecule has 1 aliphatic rings. The first-order chi connectivity index (χ1) is 13.2. The summed E-state index contributed by atoms with van der Waals surface area (Å²) < 4.78 is 7.55. The Kier molecular flexibility index (Phi) is 7.24. The molecule has 0 radical (unpaired) electrons. The smallest absolute Gasteiger partial charge is 0.221 e. The lowest BCUT2D eigenvalue weighted by Gasteiger charge is -2.38. The van der Waals surface area contributed by atoms with Gasteiger partial charge in [-0.1, -0.05) is 38.8 Å². The molecular formula is C21H32N4O2. The van der Waals surface area contributed by atoms with E-state index in [1.54, 1.807) is 0 Å². The van der Waals surface area contributed by atoms with Gasteiger partial charge < -0.3 is 14.6 Å². The van der Waals surface area contributed by atoms with Gasteiger partial charge in [0, 0.05) is 38.6 Å². The molecule has 0 bridgehead atoms. The van der Waals surface area contributed by atoms with E-state index in [2.05, 4.69) is 33.6 Å². The SMILES string of the molecule is CCC(CC)C(CNC(=O)CCn1cnc2ccccc21)N1CCOCC1. The molecular weight excluding hydrogens is 340 g/mol. The molecule has 1 saturated heterocycles. The zero-order valence-electron chi connectivity index (χ0n) is 16.6. The first kappa shape index (κ1) is 19.8. The highest BCUT2D eigenvalue weighted by Gasteiger charge is 2.27. The van der Waals surface area contributed by atoms with Gasteiger partial charge in [-0.25, -0.2) is 4.98 Å². The van der Waals surface area contributed by atoms with E-state index in [-0.39, 0.29) is 5.91 Å². The van der Waals surface area contributed by atoms with Crippen LogP contribution in [0.1, 0.15) is 33.1 Å². The molecule has 2 aromatic rings. The molecule has 1 amide bonds. The maximum Gasteiger partial charge on any atom is 0.221 e. The number of amides is 1. The van der Waals surface area contributed by atoms with Crippen LogP contribution in [-0.4, -0.2) is 59.2 Å². The molecule has 2 heterocycles. The van der Waals surface area contributed by atoms with Crippen molar-refractivity contribution in [3.8, 4) is 0 Å². The van der Waals surface area contributed by atoms with Crippen molar-refractivity contribution in [3.63, 3.8) is 0 Å². The van der Waals surface area contributed by atoms with Crippen LogP contribution in [0.25, 0.3) is 11.0 Å². The monoisotopic (exact) mass is 372 g/mol. The predicted molar refractivity (Wildman–Crippen MR) is 108 cm³/mol. The Balaban J connectivity index is 1.53. The molecule has 1 unspecified atom stereocenters. The number of benzene rings is 1. The molecule has 148 valence electrons. The average molecular weight is 373 g/mol. The molecule has 1 fully saturated rings. The number of ether oxygens (including phenoxy) is 1. The third-order valence-corrected chi connectivity index (χ3v) is 5.72. The number of hydrogen-bond acceptors (Lipinski definition) is 4. The molecule has 1 atom stereocenters. The third kappa shape index (κ3) is 5.08. The Morgan fingerprint density at radius 3 is 2.70 bits per heavy atom. The van der Waals surface area contributed by atoms with E-state index in [0.717, 1.165) is 56.7 Å². The van der Waals surface area contributed by atoms with Crippen LogP contribution >= 0.6 is 0 Å². The van der Waals surface area contributed by atoms with Crippen LogP contribution in [0.4, 0.5) is 0 Å². The van der Waals surface area contributed by atoms with Crippen molar-refractivity contribution >= 4 is 16.9 Å². The minimum Gasteiger partial charge on any atom is -0.379 e. The zero-order chi connectivity index (χ0) is 19.1. The largest absolute Gasteiger partial charge is 0.379 e. The molecule has 0 saturated carbocycles. The summed E-state index contributed by atoms with van der Waals surface area (Å²) in [6.07, 6.45) is 4.56. The van der Waals surface area contributed by atoms with Gasteiger partial charge >= 0.3 is 0 Å². The summed E-state index contributed by atoms with van der Waals surface area (Å²) in [6, 6.07) is 8.41. The number of para-hydroxylation sites is 2. The van der Waals surface area contributed by atoms with Gasteiger partial charge in [0.25, 0.3) is 0 Å². The molecule has 3 rings (SSSR count). The number of fused-ring (bicyclic) bond motifs is 1. The number of rotatable bonds is 9. The quantitative estimate of drug-likeness (QED) is 0.735. The average Bonchev–Trinajstić information content (AvgIpc) is 3.13. The van der Waals surface area contributed by atoms with Gasteiger partial charge in [-0.2, -0.15) is 0 Å². The zero-order valence-corrected chi connectivity index (χ0v) is 16.6. The number of aromatic nitrogens is 2. The van der Waals surface area contributed by atoms with Gasteiger partial charge in [0.1, 0.15) is 0 Å². The highest BCUT2D eigenvalue weighted by Crippen LogP contribution is 2.19. The minimum atomic E-state index is 0.108. The van der Waals surface area contributed by atoms with Gasteiger partial charge in [-0.15, -0.1) is 0 Å². The molecule has 1 N–H and O–H groups in total. The van der Waals surface area contributed by atoms with E-state index in [0.29, 0.717) is 24.9 Å². The fourth-order valence-electron chi connectivity index (χ4n) is 4.05. The number of carbonyl (C=O) groups excluding carboxylic acids is 1. The number of nitrogens with zero attached hydrogens (tertiary/aromatic N) is 3. The number of imidazole rings is 1. The van der Waals surface area contributed by atoms with Crippen LogP contribution < -0.4 is 5.32 Å². The fourth-order valence-corrected chi connectivity index (χ4v) is 4.05. The van der Waals surface area contributed by atoms with Gasteiger partial charge in [0.15, 0.2) is 0 Å². The van der Waals surface area contributed by atoms with E-state index in [1.807, 2.05) is 30.6 Å². The van der Waals surface area contributed by atoms with Crippen LogP contribution in [0.5, 0.6) is 0 Å². The van der Waals surface area contributed by atoms with Crippen LogP contribution in [0, 0.1) is 5.92 Å². The lowest BCUT2D eigenvalue weighted by molar-refractivity contribution is -0.121. The summed E-state index contributed by atoms with van der Waals surface area (Å²) >= 11 is 0. The van der Waals surface area contributed by atoms with Crippen molar-refractivity contribution < 1.29 is 9.53 Å². The standard InChI is InChI=1S/C21H32N4O2/c1-3-17(4-2)20(24-11-13-27-14-12-24)15-22-21(26)9-10-25-16-23-18-7-5-6-8-19(18)25/h5-8,16-17,20H,3-4,9-15H2,1-2H3,(H,22,26). The summed E-state index contributed by atoms with van der Waals surface area (Å²) in [5.41, 5.74) is 2.05. The Morgan fingerprint density at radius 2 is 1.96 bits per heavy atom. The number of aryl methyl sites for hydroxylation is 1. The maximum absolute atomic E-state index is 12.5. The van der Waals surface area contributed by atoms with Crippen LogP contribution in [0.3, 0.4) is 0 Å².